The number of carbonyl (C=O) groups is 1. The molecule has 36 heavy (non-hydrogen) atoms. The number of halogens is 3. The number of carbonyl (C=O) groups excluding carboxylic acids is 1. The van der Waals surface area contributed by atoms with E-state index in [1.54, 1.807) is 17.2 Å². The maximum atomic E-state index is 14.4. The Morgan fingerprint density at radius 1 is 1.11 bits per heavy atom. The Morgan fingerprint density at radius 3 is 2.61 bits per heavy atom. The predicted molar refractivity (Wildman–Crippen MR) is 144 cm³/mol. The molecule has 1 aromatic heterocycles. The predicted octanol–water partition coefficient (Wildman–Crippen LogP) is 5.69. The molecule has 0 saturated carbocycles. The van der Waals surface area contributed by atoms with Crippen molar-refractivity contribution >= 4 is 52.3 Å². The smallest absolute Gasteiger partial charge is 0.318 e. The lowest BCUT2D eigenvalue weighted by Gasteiger charge is -2.37. The van der Waals surface area contributed by atoms with Crippen LogP contribution >= 0.6 is 34.5 Å². The second-order valence-corrected chi connectivity index (χ2v) is 11.0. The van der Waals surface area contributed by atoms with Crippen molar-refractivity contribution in [2.75, 3.05) is 44.2 Å². The van der Waals surface area contributed by atoms with E-state index in [0.717, 1.165) is 59.4 Å². The zero-order valence-corrected chi connectivity index (χ0v) is 21.9. The number of hydrogen-bond donors (Lipinski definition) is 1. The summed E-state index contributed by atoms with van der Waals surface area (Å²) in [5.41, 5.74) is 2.91. The molecule has 2 amide bonds. The van der Waals surface area contributed by atoms with E-state index in [9.17, 15) is 9.18 Å². The Bertz CT molecular complexity index is 1240. The molecular formula is C26H26Cl2FN5OS. The molecule has 0 spiro atoms. The quantitative estimate of drug-likeness (QED) is 0.414. The van der Waals surface area contributed by atoms with Crippen LogP contribution in [0.1, 0.15) is 22.0 Å². The maximum absolute atomic E-state index is 14.4. The van der Waals surface area contributed by atoms with Crippen LogP contribution in [0.2, 0.25) is 9.49 Å². The fourth-order valence-corrected chi connectivity index (χ4v) is 5.78. The number of anilines is 1. The fraction of sp³-hybridized carbons (Fsp3) is 0.308. The summed E-state index contributed by atoms with van der Waals surface area (Å²) in [5.74, 6) is -0.278. The molecule has 2 saturated heterocycles. The van der Waals surface area contributed by atoms with Gasteiger partial charge in [0.25, 0.3) is 0 Å². The summed E-state index contributed by atoms with van der Waals surface area (Å²) in [5, 5.41) is 3.67. The Kier molecular flexibility index (Phi) is 7.76. The third-order valence-electron chi connectivity index (χ3n) is 6.54. The Balaban J connectivity index is 1.26. The summed E-state index contributed by atoms with van der Waals surface area (Å²) >= 11 is 13.3. The molecule has 1 N–H and O–H groups in total. The molecule has 0 radical (unpaired) electrons. The molecule has 2 aliphatic heterocycles. The molecule has 0 aliphatic carbocycles. The van der Waals surface area contributed by atoms with Crippen molar-refractivity contribution in [2.45, 2.75) is 12.6 Å². The Morgan fingerprint density at radius 2 is 1.89 bits per heavy atom. The van der Waals surface area contributed by atoms with E-state index < -0.39 is 0 Å². The molecule has 2 aliphatic rings. The van der Waals surface area contributed by atoms with Crippen LogP contribution in [0.4, 0.5) is 14.9 Å². The van der Waals surface area contributed by atoms with Gasteiger partial charge in [0.1, 0.15) is 5.82 Å². The van der Waals surface area contributed by atoms with Gasteiger partial charge in [-0.1, -0.05) is 53.6 Å². The number of urea groups is 1. The average Bonchev–Trinajstić information content (AvgIpc) is 3.46. The molecule has 10 heteroatoms. The van der Waals surface area contributed by atoms with E-state index in [2.05, 4.69) is 32.3 Å². The maximum Gasteiger partial charge on any atom is 0.318 e. The normalized spacial score (nSPS) is 18.9. The molecule has 188 valence electrons. The second-order valence-electron chi connectivity index (χ2n) is 8.85. The van der Waals surface area contributed by atoms with Crippen LogP contribution in [0.25, 0.3) is 6.08 Å². The summed E-state index contributed by atoms with van der Waals surface area (Å²) in [6.07, 6.45) is 5.95. The molecular weight excluding hydrogens is 520 g/mol. The van der Waals surface area contributed by atoms with Crippen LogP contribution in [-0.4, -0.2) is 60.1 Å². The van der Waals surface area contributed by atoms with Gasteiger partial charge in [0, 0.05) is 66.6 Å². The van der Waals surface area contributed by atoms with Gasteiger partial charge in [-0.25, -0.2) is 14.2 Å². The number of aromatic nitrogens is 1. The molecule has 2 aromatic carbocycles. The van der Waals surface area contributed by atoms with Crippen LogP contribution in [0.3, 0.4) is 0 Å². The molecule has 6 nitrogen and oxygen atoms in total. The molecule has 2 fully saturated rings. The van der Waals surface area contributed by atoms with Crippen LogP contribution in [0.15, 0.2) is 54.7 Å². The van der Waals surface area contributed by atoms with Gasteiger partial charge in [-0.3, -0.25) is 4.90 Å². The molecule has 1 atom stereocenters. The Labute approximate surface area is 223 Å². The number of benzene rings is 2. The molecule has 3 heterocycles. The summed E-state index contributed by atoms with van der Waals surface area (Å²) < 4.78 is 14.8. The molecule has 1 unspecified atom stereocenters. The van der Waals surface area contributed by atoms with Gasteiger partial charge >= 0.3 is 6.03 Å². The minimum atomic E-state index is -0.278. The van der Waals surface area contributed by atoms with Crippen LogP contribution in [0.5, 0.6) is 0 Å². The molecule has 0 bridgehead atoms. The highest BCUT2D eigenvalue weighted by atomic mass is 35.5. The number of nitrogens with zero attached hydrogens (tertiary/aromatic N) is 4. The first kappa shape index (κ1) is 25.0. The van der Waals surface area contributed by atoms with Crippen molar-refractivity contribution < 1.29 is 9.18 Å². The van der Waals surface area contributed by atoms with Crippen molar-refractivity contribution in [3.63, 3.8) is 0 Å². The summed E-state index contributed by atoms with van der Waals surface area (Å²) in [6.45, 7) is 5.02. The lowest BCUT2D eigenvalue weighted by Crippen LogP contribution is -2.47. The highest BCUT2D eigenvalue weighted by Gasteiger charge is 2.35. The first-order valence-electron chi connectivity index (χ1n) is 11.8. The zero-order valence-electron chi connectivity index (χ0n) is 19.5. The van der Waals surface area contributed by atoms with E-state index in [0.29, 0.717) is 17.6 Å². The minimum Gasteiger partial charge on any atom is -0.369 e. The third kappa shape index (κ3) is 5.83. The number of amides is 2. The van der Waals surface area contributed by atoms with Gasteiger partial charge in [0.2, 0.25) is 0 Å². The van der Waals surface area contributed by atoms with Gasteiger partial charge in [0.15, 0.2) is 4.47 Å². The average molecular weight is 546 g/mol. The highest BCUT2D eigenvalue weighted by molar-refractivity contribution is 7.15. The van der Waals surface area contributed by atoms with Crippen LogP contribution < -0.4 is 10.2 Å². The van der Waals surface area contributed by atoms with Crippen molar-refractivity contribution in [3.05, 3.63) is 86.0 Å². The number of piperazine rings is 1. The van der Waals surface area contributed by atoms with Crippen LogP contribution in [-0.2, 0) is 6.54 Å². The van der Waals surface area contributed by atoms with Gasteiger partial charge < -0.3 is 15.1 Å². The number of hydrogen-bond acceptors (Lipinski definition) is 5. The van der Waals surface area contributed by atoms with E-state index in [1.165, 1.54) is 17.4 Å². The summed E-state index contributed by atoms with van der Waals surface area (Å²) in [6, 6.07) is 12.3. The largest absolute Gasteiger partial charge is 0.369 e. The van der Waals surface area contributed by atoms with Crippen molar-refractivity contribution in [1.29, 1.82) is 0 Å². The Hall–Kier alpha value is -2.65. The van der Waals surface area contributed by atoms with E-state index >= 15 is 0 Å². The van der Waals surface area contributed by atoms with E-state index in [4.69, 9.17) is 23.2 Å². The van der Waals surface area contributed by atoms with Crippen molar-refractivity contribution in [1.82, 2.24) is 20.1 Å². The van der Waals surface area contributed by atoms with Gasteiger partial charge in [-0.15, -0.1) is 11.3 Å². The highest BCUT2D eigenvalue weighted by Crippen LogP contribution is 2.35. The van der Waals surface area contributed by atoms with E-state index in [1.807, 2.05) is 30.3 Å². The van der Waals surface area contributed by atoms with Crippen molar-refractivity contribution in [2.24, 2.45) is 0 Å². The van der Waals surface area contributed by atoms with E-state index in [-0.39, 0.29) is 17.9 Å². The zero-order chi connectivity index (χ0) is 25.1. The van der Waals surface area contributed by atoms with Crippen LogP contribution in [0, 0.1) is 5.82 Å². The standard InChI is InChI=1S/C26H26Cl2FN5OS/c27-19-5-3-18(4-6-19)2-1-9-32-10-12-33(13-11-32)23-14-20(29)7-8-22(23)24-16-31-26(35)34(24)17-21-15-30-25(28)36-21/h1-8,14-15,24H,9-13,16-17H2,(H,31,35)/b2-1+. The number of rotatable bonds is 7. The number of thiazole rings is 1. The first-order chi connectivity index (χ1) is 17.5. The monoisotopic (exact) mass is 545 g/mol. The fourth-order valence-electron chi connectivity index (χ4n) is 4.68. The SMILES string of the molecule is O=C1NCC(c2ccc(F)cc2N2CCN(C/C=C/c3ccc(Cl)cc3)CC2)N1Cc1cnc(Cl)s1. The lowest BCUT2D eigenvalue weighted by molar-refractivity contribution is 0.201. The number of nitrogens with one attached hydrogen (secondary N) is 1. The summed E-state index contributed by atoms with van der Waals surface area (Å²) in [7, 11) is 0. The first-order valence-corrected chi connectivity index (χ1v) is 13.4. The summed E-state index contributed by atoms with van der Waals surface area (Å²) in [4.78, 5) is 24.0. The van der Waals surface area contributed by atoms with Gasteiger partial charge in [0.05, 0.1) is 12.6 Å². The third-order valence-corrected chi connectivity index (χ3v) is 7.90. The van der Waals surface area contributed by atoms with Gasteiger partial charge in [-0.05, 0) is 29.8 Å². The topological polar surface area (TPSA) is 51.7 Å². The minimum absolute atomic E-state index is 0.142. The molecule has 5 rings (SSSR count). The lowest BCUT2D eigenvalue weighted by atomic mass is 10.0. The van der Waals surface area contributed by atoms with Gasteiger partial charge in [-0.2, -0.15) is 0 Å². The van der Waals surface area contributed by atoms with Crippen molar-refractivity contribution in [3.8, 4) is 0 Å². The second kappa shape index (κ2) is 11.2. The molecule has 3 aromatic rings.